The number of Topliss-reactive ketones (excluding diaryl/α,β-unsaturated/α-hetero) is 2. The maximum atomic E-state index is 12.0. The number of allylic oxidation sites excluding steroid dienone is 4. The normalized spacial score (nSPS) is 18.7. The van der Waals surface area contributed by atoms with Crippen molar-refractivity contribution >= 4 is 38.3 Å². The van der Waals surface area contributed by atoms with Crippen LogP contribution in [0, 0.1) is 5.92 Å². The largest absolute Gasteiger partial charge is 0.496 e. The van der Waals surface area contributed by atoms with Crippen molar-refractivity contribution in [1.29, 1.82) is 0 Å². The lowest BCUT2D eigenvalue weighted by molar-refractivity contribution is -0.123. The maximum Gasteiger partial charge on any atom is 0.218 e. The molecule has 0 aromatic heterocycles. The zero-order chi connectivity index (χ0) is 15.4. The van der Waals surface area contributed by atoms with Crippen molar-refractivity contribution in [3.63, 3.8) is 0 Å². The van der Waals surface area contributed by atoms with E-state index in [1.807, 2.05) is 0 Å². The second-order valence-corrected chi connectivity index (χ2v) is 5.65. The highest BCUT2D eigenvalue weighted by atomic mass is 35.5. The van der Waals surface area contributed by atoms with Crippen LogP contribution in [0.1, 0.15) is 27.2 Å². The van der Waals surface area contributed by atoms with Gasteiger partial charge in [0.05, 0.1) is 28.8 Å². The zero-order valence-electron chi connectivity index (χ0n) is 11.4. The molecule has 0 aromatic rings. The van der Waals surface area contributed by atoms with E-state index < -0.39 is 22.0 Å². The van der Waals surface area contributed by atoms with Crippen molar-refractivity contribution in [3.05, 3.63) is 22.4 Å². The fourth-order valence-corrected chi connectivity index (χ4v) is 2.83. The van der Waals surface area contributed by atoms with Crippen molar-refractivity contribution in [2.24, 2.45) is 5.92 Å². The summed E-state index contributed by atoms with van der Waals surface area (Å²) in [5.41, 5.74) is 0.00242. The first kappa shape index (κ1) is 16.7. The molecule has 1 unspecified atom stereocenters. The van der Waals surface area contributed by atoms with Gasteiger partial charge in [0.1, 0.15) is 11.5 Å². The molecule has 110 valence electrons. The predicted octanol–water partition coefficient (Wildman–Crippen LogP) is 1.65. The van der Waals surface area contributed by atoms with Crippen LogP contribution < -0.4 is 0 Å². The molecule has 0 spiro atoms. The van der Waals surface area contributed by atoms with Crippen LogP contribution in [0.3, 0.4) is 0 Å². The van der Waals surface area contributed by atoms with Crippen molar-refractivity contribution in [1.82, 2.24) is 0 Å². The van der Waals surface area contributed by atoms with Crippen LogP contribution >= 0.6 is 11.6 Å². The number of carbonyl (C=O) groups is 2. The first-order chi connectivity index (χ1) is 9.29. The molecule has 1 aliphatic rings. The molecular weight excluding hydrogens is 304 g/mol. The summed E-state index contributed by atoms with van der Waals surface area (Å²) < 4.78 is 27.8. The van der Waals surface area contributed by atoms with E-state index in [2.05, 4.69) is 0 Å². The van der Waals surface area contributed by atoms with Gasteiger partial charge in [0.2, 0.25) is 10.3 Å². The molecule has 0 N–H and O–H groups in total. The van der Waals surface area contributed by atoms with Gasteiger partial charge in [0.25, 0.3) is 0 Å². The Morgan fingerprint density at radius 2 is 2.00 bits per heavy atom. The molecule has 1 rings (SSSR count). The standard InChI is InChI=1S/C13H15ClO5S/c1-4-19-13-8(3)11(20(17)18)6-9(12(13)14)10(16)5-7(2)15/h6,8H,4-5H2,1-3H3. The number of halogens is 1. The lowest BCUT2D eigenvalue weighted by Crippen LogP contribution is -2.23. The number of rotatable bonds is 5. The molecule has 0 saturated heterocycles. The Morgan fingerprint density at radius 1 is 1.40 bits per heavy atom. The highest BCUT2D eigenvalue weighted by molar-refractivity contribution is 7.73. The predicted molar refractivity (Wildman–Crippen MR) is 76.0 cm³/mol. The monoisotopic (exact) mass is 318 g/mol. The fraction of sp³-hybridized carbons (Fsp3) is 0.462. The van der Waals surface area contributed by atoms with Crippen LogP contribution in [0.4, 0.5) is 0 Å². The molecule has 0 bridgehead atoms. The summed E-state index contributed by atoms with van der Waals surface area (Å²) in [7, 11) is -2.49. The number of carbonyl (C=O) groups excluding carboxylic acids is 2. The van der Waals surface area contributed by atoms with Gasteiger partial charge in [-0.05, 0) is 19.9 Å². The molecule has 5 nitrogen and oxygen atoms in total. The third-order valence-electron chi connectivity index (χ3n) is 2.76. The van der Waals surface area contributed by atoms with Gasteiger partial charge in [0, 0.05) is 5.57 Å². The van der Waals surface area contributed by atoms with E-state index in [1.165, 1.54) is 13.0 Å². The Bertz CT molecular complexity index is 632. The molecule has 0 saturated carbocycles. The van der Waals surface area contributed by atoms with Crippen LogP contribution in [0.2, 0.25) is 0 Å². The Balaban J connectivity index is 3.39. The second-order valence-electron chi connectivity index (χ2n) is 4.33. The summed E-state index contributed by atoms with van der Waals surface area (Å²) in [5.74, 6) is -1.16. The summed E-state index contributed by atoms with van der Waals surface area (Å²) in [6.45, 7) is 4.93. The second kappa shape index (κ2) is 6.85. The van der Waals surface area contributed by atoms with Crippen LogP contribution in [0.25, 0.3) is 0 Å². The van der Waals surface area contributed by atoms with Gasteiger partial charge in [0.15, 0.2) is 5.78 Å². The Hall–Kier alpha value is -1.40. The zero-order valence-corrected chi connectivity index (χ0v) is 13.0. The van der Waals surface area contributed by atoms with E-state index in [1.54, 1.807) is 13.8 Å². The van der Waals surface area contributed by atoms with E-state index in [9.17, 15) is 18.0 Å². The molecule has 7 heteroatoms. The Labute approximate surface area is 123 Å². The van der Waals surface area contributed by atoms with Gasteiger partial charge in [-0.2, -0.15) is 8.42 Å². The third kappa shape index (κ3) is 3.58. The highest BCUT2D eigenvalue weighted by Crippen LogP contribution is 2.32. The Kier molecular flexibility index (Phi) is 5.71. The van der Waals surface area contributed by atoms with Crippen molar-refractivity contribution in [2.45, 2.75) is 27.2 Å². The van der Waals surface area contributed by atoms with Gasteiger partial charge < -0.3 is 4.74 Å². The topological polar surface area (TPSA) is 77.5 Å². The number of ketones is 2. The molecule has 0 radical (unpaired) electrons. The molecule has 0 aliphatic heterocycles. The first-order valence-corrected chi connectivity index (χ1v) is 7.48. The van der Waals surface area contributed by atoms with Gasteiger partial charge in [-0.25, -0.2) is 0 Å². The molecule has 0 amide bonds. The summed E-state index contributed by atoms with van der Waals surface area (Å²) in [6.07, 6.45) is 0.887. The molecule has 0 heterocycles. The number of hydrogen-bond donors (Lipinski definition) is 0. The van der Waals surface area contributed by atoms with Crippen molar-refractivity contribution in [3.8, 4) is 0 Å². The van der Waals surface area contributed by atoms with Crippen LogP contribution in [-0.2, 0) is 24.6 Å². The lowest BCUT2D eigenvalue weighted by atomic mass is 9.92. The molecule has 0 fully saturated rings. The van der Waals surface area contributed by atoms with E-state index in [-0.39, 0.29) is 33.4 Å². The van der Waals surface area contributed by atoms with Gasteiger partial charge in [-0.3, -0.25) is 9.59 Å². The van der Waals surface area contributed by atoms with Crippen molar-refractivity contribution < 1.29 is 22.7 Å². The van der Waals surface area contributed by atoms with Gasteiger partial charge in [-0.15, -0.1) is 0 Å². The average molecular weight is 319 g/mol. The minimum Gasteiger partial charge on any atom is -0.496 e. The average Bonchev–Trinajstić information content (AvgIpc) is 2.33. The summed E-state index contributed by atoms with van der Waals surface area (Å²) in [4.78, 5) is 23.0. The molecule has 1 aliphatic carbocycles. The summed E-state index contributed by atoms with van der Waals surface area (Å²) >= 11 is 6.11. The quantitative estimate of drug-likeness (QED) is 0.569. The minimum atomic E-state index is -2.49. The summed E-state index contributed by atoms with van der Waals surface area (Å²) in [5, 5.41) is 0.0693. The number of ether oxygens (including phenoxy) is 1. The molecule has 20 heavy (non-hydrogen) atoms. The summed E-state index contributed by atoms with van der Waals surface area (Å²) in [6, 6.07) is 0. The minimum absolute atomic E-state index is 0.00242. The van der Waals surface area contributed by atoms with Crippen LogP contribution in [0.5, 0.6) is 0 Å². The van der Waals surface area contributed by atoms with Crippen LogP contribution in [-0.4, -0.2) is 31.5 Å². The maximum absolute atomic E-state index is 12.0. The third-order valence-corrected chi connectivity index (χ3v) is 4.01. The van der Waals surface area contributed by atoms with E-state index in [0.717, 1.165) is 0 Å². The van der Waals surface area contributed by atoms with Gasteiger partial charge >= 0.3 is 0 Å². The van der Waals surface area contributed by atoms with Gasteiger partial charge in [-0.1, -0.05) is 18.5 Å². The van der Waals surface area contributed by atoms with E-state index in [4.69, 9.17) is 16.3 Å². The SMILES string of the molecule is CCOC1=C(Cl)C(C(=O)CC(C)=O)=CC(=S(=O)=O)C1C. The Morgan fingerprint density at radius 3 is 2.45 bits per heavy atom. The molecule has 1 atom stereocenters. The molecular formula is C13H15ClO5S. The molecule has 0 aromatic carbocycles. The van der Waals surface area contributed by atoms with Crippen molar-refractivity contribution in [2.75, 3.05) is 6.61 Å². The first-order valence-electron chi connectivity index (χ1n) is 6.02. The lowest BCUT2D eigenvalue weighted by Gasteiger charge is -2.22. The number of hydrogen-bond acceptors (Lipinski definition) is 5. The fourth-order valence-electron chi connectivity index (χ4n) is 1.84. The highest BCUT2D eigenvalue weighted by Gasteiger charge is 2.30. The van der Waals surface area contributed by atoms with E-state index >= 15 is 0 Å². The smallest absolute Gasteiger partial charge is 0.218 e. The van der Waals surface area contributed by atoms with E-state index in [0.29, 0.717) is 6.61 Å². The van der Waals surface area contributed by atoms with Crippen LogP contribution in [0.15, 0.2) is 22.4 Å².